The number of halogens is 3. The van der Waals surface area contributed by atoms with Crippen molar-refractivity contribution in [3.63, 3.8) is 0 Å². The van der Waals surface area contributed by atoms with E-state index in [9.17, 15) is 18.0 Å². The third-order valence-electron chi connectivity index (χ3n) is 2.70. The predicted octanol–water partition coefficient (Wildman–Crippen LogP) is 3.78. The molecule has 0 aliphatic heterocycles. The zero-order valence-electron chi connectivity index (χ0n) is 9.88. The Morgan fingerprint density at radius 3 is 2.11 bits per heavy atom. The molecule has 0 atom stereocenters. The second-order valence-electron chi connectivity index (χ2n) is 4.11. The van der Waals surface area contributed by atoms with Crippen molar-refractivity contribution in [3.8, 4) is 11.1 Å². The Balaban J connectivity index is 2.73. The summed E-state index contributed by atoms with van der Waals surface area (Å²) in [5.74, 6) is -3.63. The number of benzene rings is 2. The normalized spacial score (nSPS) is 10.5. The van der Waals surface area contributed by atoms with Gasteiger partial charge in [-0.2, -0.15) is 0 Å². The van der Waals surface area contributed by atoms with Gasteiger partial charge in [0, 0.05) is 6.07 Å². The number of carboxylic acid groups (broad SMARTS) is 1. The number of hydrogen-bond donors (Lipinski definition) is 1. The van der Waals surface area contributed by atoms with Gasteiger partial charge in [0.15, 0.2) is 0 Å². The maximum absolute atomic E-state index is 13.5. The molecule has 0 aliphatic carbocycles. The van der Waals surface area contributed by atoms with Gasteiger partial charge in [0.1, 0.15) is 17.5 Å². The van der Waals surface area contributed by atoms with Crippen LogP contribution in [0.5, 0.6) is 0 Å². The maximum atomic E-state index is 13.5. The van der Waals surface area contributed by atoms with Crippen molar-refractivity contribution in [2.45, 2.75) is 6.92 Å². The zero-order chi connectivity index (χ0) is 14.2. The fourth-order valence-electron chi connectivity index (χ4n) is 1.81. The molecule has 5 heteroatoms. The number of carboxylic acids is 1. The Bertz CT molecular complexity index is 646. The van der Waals surface area contributed by atoms with Crippen LogP contribution >= 0.6 is 0 Å². The molecule has 19 heavy (non-hydrogen) atoms. The molecule has 0 spiro atoms. The molecule has 2 nitrogen and oxygen atoms in total. The Morgan fingerprint density at radius 2 is 1.58 bits per heavy atom. The van der Waals surface area contributed by atoms with Crippen molar-refractivity contribution in [1.29, 1.82) is 0 Å². The first-order valence-corrected chi connectivity index (χ1v) is 5.38. The summed E-state index contributed by atoms with van der Waals surface area (Å²) < 4.78 is 39.8. The van der Waals surface area contributed by atoms with E-state index < -0.39 is 23.4 Å². The smallest absolute Gasteiger partial charge is 0.336 e. The summed E-state index contributed by atoms with van der Waals surface area (Å²) in [6, 6.07) is 4.68. The van der Waals surface area contributed by atoms with E-state index in [0.717, 1.165) is 24.3 Å². The topological polar surface area (TPSA) is 37.3 Å². The van der Waals surface area contributed by atoms with Gasteiger partial charge in [-0.15, -0.1) is 0 Å². The molecule has 98 valence electrons. The molecule has 0 saturated carbocycles. The lowest BCUT2D eigenvalue weighted by atomic mass is 9.97. The Kier molecular flexibility index (Phi) is 3.29. The first-order valence-electron chi connectivity index (χ1n) is 5.38. The lowest BCUT2D eigenvalue weighted by Gasteiger charge is -2.09. The second kappa shape index (κ2) is 4.76. The van der Waals surface area contributed by atoms with Crippen LogP contribution in [0.25, 0.3) is 11.1 Å². The maximum Gasteiger partial charge on any atom is 0.336 e. The number of carbonyl (C=O) groups is 1. The molecule has 0 saturated heterocycles. The Morgan fingerprint density at radius 1 is 1.00 bits per heavy atom. The van der Waals surface area contributed by atoms with E-state index in [0.29, 0.717) is 6.07 Å². The van der Waals surface area contributed by atoms with Gasteiger partial charge in [-0.3, -0.25) is 0 Å². The molecule has 0 unspecified atom stereocenters. The number of hydrogen-bond acceptors (Lipinski definition) is 1. The van der Waals surface area contributed by atoms with E-state index in [2.05, 4.69) is 0 Å². The molecule has 0 aliphatic rings. The first kappa shape index (κ1) is 13.1. The second-order valence-corrected chi connectivity index (χ2v) is 4.11. The molecule has 0 radical (unpaired) electrons. The van der Waals surface area contributed by atoms with Crippen LogP contribution in [0.1, 0.15) is 15.9 Å². The molecular weight excluding hydrogens is 257 g/mol. The standard InChI is InChI=1S/C14H9F3O2/c1-7-2-12(14(18)19)11(6-13(7)17)8-3-9(15)5-10(16)4-8/h2-6H,1H3,(H,18,19). The summed E-state index contributed by atoms with van der Waals surface area (Å²) in [5.41, 5.74) is -0.135. The van der Waals surface area contributed by atoms with Gasteiger partial charge >= 0.3 is 5.97 Å². The summed E-state index contributed by atoms with van der Waals surface area (Å²) in [7, 11) is 0. The van der Waals surface area contributed by atoms with Crippen LogP contribution in [0.15, 0.2) is 30.3 Å². The molecular formula is C14H9F3O2. The highest BCUT2D eigenvalue weighted by atomic mass is 19.1. The van der Waals surface area contributed by atoms with E-state index in [1.807, 2.05) is 0 Å². The monoisotopic (exact) mass is 266 g/mol. The average Bonchev–Trinajstić information content (AvgIpc) is 2.30. The fourth-order valence-corrected chi connectivity index (χ4v) is 1.81. The highest BCUT2D eigenvalue weighted by molar-refractivity contribution is 5.96. The van der Waals surface area contributed by atoms with Gasteiger partial charge in [-0.05, 0) is 47.9 Å². The first-order chi connectivity index (χ1) is 8.88. The lowest BCUT2D eigenvalue weighted by molar-refractivity contribution is 0.0697. The Labute approximate surface area is 107 Å². The summed E-state index contributed by atoms with van der Waals surface area (Å²) in [5, 5.41) is 9.07. The predicted molar refractivity (Wildman–Crippen MR) is 63.4 cm³/mol. The number of rotatable bonds is 2. The molecule has 1 N–H and O–H groups in total. The summed E-state index contributed by atoms with van der Waals surface area (Å²) in [6.07, 6.45) is 0. The van der Waals surface area contributed by atoms with Gasteiger partial charge in [0.05, 0.1) is 5.56 Å². The minimum atomic E-state index is -1.29. The van der Waals surface area contributed by atoms with Crippen LogP contribution < -0.4 is 0 Å². The van der Waals surface area contributed by atoms with Crippen LogP contribution in [0.3, 0.4) is 0 Å². The molecule has 2 aromatic rings. The summed E-state index contributed by atoms with van der Waals surface area (Å²) in [6.45, 7) is 1.41. The molecule has 0 bridgehead atoms. The quantitative estimate of drug-likeness (QED) is 0.898. The van der Waals surface area contributed by atoms with Gasteiger partial charge in [-0.1, -0.05) is 0 Å². The third kappa shape index (κ3) is 2.59. The fraction of sp³-hybridized carbons (Fsp3) is 0.0714. The highest BCUT2D eigenvalue weighted by Crippen LogP contribution is 2.28. The van der Waals surface area contributed by atoms with E-state index in [1.54, 1.807) is 0 Å². The summed E-state index contributed by atoms with van der Waals surface area (Å²) >= 11 is 0. The molecule has 0 fully saturated rings. The molecule has 0 amide bonds. The number of aryl methyl sites for hydroxylation is 1. The van der Waals surface area contributed by atoms with Gasteiger partial charge < -0.3 is 5.11 Å². The number of aromatic carboxylic acids is 1. The van der Waals surface area contributed by atoms with Gasteiger partial charge in [0.25, 0.3) is 0 Å². The van der Waals surface area contributed by atoms with Crippen LogP contribution in [-0.4, -0.2) is 11.1 Å². The van der Waals surface area contributed by atoms with E-state index in [-0.39, 0.29) is 22.3 Å². The lowest BCUT2D eigenvalue weighted by Crippen LogP contribution is -2.02. The molecule has 0 heterocycles. The van der Waals surface area contributed by atoms with E-state index in [4.69, 9.17) is 5.11 Å². The van der Waals surface area contributed by atoms with Gasteiger partial charge in [-0.25, -0.2) is 18.0 Å². The minimum Gasteiger partial charge on any atom is -0.478 e. The minimum absolute atomic E-state index is 0.0196. The molecule has 2 aromatic carbocycles. The van der Waals surface area contributed by atoms with Crippen LogP contribution in [-0.2, 0) is 0 Å². The van der Waals surface area contributed by atoms with Gasteiger partial charge in [0.2, 0.25) is 0 Å². The third-order valence-corrected chi connectivity index (χ3v) is 2.70. The largest absolute Gasteiger partial charge is 0.478 e. The van der Waals surface area contributed by atoms with Crippen LogP contribution in [0.2, 0.25) is 0 Å². The summed E-state index contributed by atoms with van der Waals surface area (Å²) in [4.78, 5) is 11.1. The highest BCUT2D eigenvalue weighted by Gasteiger charge is 2.16. The van der Waals surface area contributed by atoms with Crippen molar-refractivity contribution in [3.05, 3.63) is 58.9 Å². The van der Waals surface area contributed by atoms with E-state index in [1.165, 1.54) is 6.92 Å². The van der Waals surface area contributed by atoms with Crippen LogP contribution in [0, 0.1) is 24.4 Å². The Hall–Kier alpha value is -2.30. The zero-order valence-corrected chi connectivity index (χ0v) is 9.88. The molecule has 0 aromatic heterocycles. The van der Waals surface area contributed by atoms with Crippen molar-refractivity contribution >= 4 is 5.97 Å². The van der Waals surface area contributed by atoms with Crippen molar-refractivity contribution in [2.75, 3.05) is 0 Å². The van der Waals surface area contributed by atoms with Crippen molar-refractivity contribution < 1.29 is 23.1 Å². The SMILES string of the molecule is Cc1cc(C(=O)O)c(-c2cc(F)cc(F)c2)cc1F. The van der Waals surface area contributed by atoms with Crippen molar-refractivity contribution in [2.24, 2.45) is 0 Å². The molecule has 2 rings (SSSR count). The van der Waals surface area contributed by atoms with Crippen molar-refractivity contribution in [1.82, 2.24) is 0 Å². The van der Waals surface area contributed by atoms with Crippen LogP contribution in [0.4, 0.5) is 13.2 Å². The van der Waals surface area contributed by atoms with E-state index >= 15 is 0 Å². The average molecular weight is 266 g/mol.